The molecule has 0 radical (unpaired) electrons. The molecule has 1 spiro atoms. The molecule has 0 amide bonds. The summed E-state index contributed by atoms with van der Waals surface area (Å²) < 4.78 is 30.7. The van der Waals surface area contributed by atoms with Crippen molar-refractivity contribution in [2.45, 2.75) is 172 Å². The van der Waals surface area contributed by atoms with Gasteiger partial charge < -0.3 is 54.3 Å². The largest absolute Gasteiger partial charge is 0.394 e. The minimum absolute atomic E-state index is 0.119. The van der Waals surface area contributed by atoms with Gasteiger partial charge in [0.1, 0.15) is 48.5 Å². The Morgan fingerprint density at radius 2 is 1.59 bits per heavy atom. The van der Waals surface area contributed by atoms with Crippen LogP contribution >= 0.6 is 0 Å². The van der Waals surface area contributed by atoms with Crippen molar-refractivity contribution in [3.8, 4) is 0 Å². The second kappa shape index (κ2) is 13.5. The summed E-state index contributed by atoms with van der Waals surface area (Å²) in [6.45, 7) is 12.1. The summed E-state index contributed by atoms with van der Waals surface area (Å²) in [7, 11) is 0. The van der Waals surface area contributed by atoms with Crippen molar-refractivity contribution < 1.29 is 54.3 Å². The van der Waals surface area contributed by atoms with Crippen LogP contribution in [0.15, 0.2) is 11.6 Å². The molecule has 3 saturated carbocycles. The molecule has 12 heteroatoms. The van der Waals surface area contributed by atoms with Gasteiger partial charge in [0.15, 0.2) is 12.6 Å². The number of ether oxygens (including phenoxy) is 5. The van der Waals surface area contributed by atoms with Crippen molar-refractivity contribution in [3.63, 3.8) is 0 Å². The molecule has 290 valence electrons. The van der Waals surface area contributed by atoms with Gasteiger partial charge in [-0.3, -0.25) is 5.32 Å². The molecule has 0 bridgehead atoms. The van der Waals surface area contributed by atoms with Crippen molar-refractivity contribution in [1.29, 1.82) is 0 Å². The van der Waals surface area contributed by atoms with Gasteiger partial charge >= 0.3 is 0 Å². The van der Waals surface area contributed by atoms with Crippen molar-refractivity contribution in [3.05, 3.63) is 11.6 Å². The number of rotatable bonds is 5. The zero-order valence-corrected chi connectivity index (χ0v) is 31.0. The Balaban J connectivity index is 0.904. The lowest BCUT2D eigenvalue weighted by Crippen LogP contribution is -2.63. The van der Waals surface area contributed by atoms with Crippen LogP contribution in [0.1, 0.15) is 92.4 Å². The lowest BCUT2D eigenvalue weighted by molar-refractivity contribution is -0.377. The lowest BCUT2D eigenvalue weighted by atomic mass is 9.47. The van der Waals surface area contributed by atoms with E-state index in [1.54, 1.807) is 6.92 Å². The van der Waals surface area contributed by atoms with Crippen LogP contribution < -0.4 is 5.32 Å². The average molecular weight is 722 g/mol. The molecular weight excluding hydrogens is 658 g/mol. The summed E-state index contributed by atoms with van der Waals surface area (Å²) in [5.74, 6) is 3.82. The maximum atomic E-state index is 11.2. The number of aliphatic hydroxyl groups is 6. The Bertz CT molecular complexity index is 1310. The molecule has 7 fully saturated rings. The summed E-state index contributed by atoms with van der Waals surface area (Å²) >= 11 is 0. The monoisotopic (exact) mass is 721 g/mol. The first-order chi connectivity index (χ1) is 24.2. The van der Waals surface area contributed by atoms with Gasteiger partial charge in [0.2, 0.25) is 0 Å². The van der Waals surface area contributed by atoms with Crippen LogP contribution in [0.2, 0.25) is 0 Å². The van der Waals surface area contributed by atoms with Gasteiger partial charge in [0.25, 0.3) is 0 Å². The summed E-state index contributed by atoms with van der Waals surface area (Å²) in [4.78, 5) is 0. The van der Waals surface area contributed by atoms with Gasteiger partial charge in [0, 0.05) is 12.5 Å². The zero-order chi connectivity index (χ0) is 36.2. The van der Waals surface area contributed by atoms with E-state index >= 15 is 0 Å². The second-order valence-electron chi connectivity index (χ2n) is 18.4. The van der Waals surface area contributed by atoms with Crippen LogP contribution in [0, 0.1) is 46.3 Å². The molecular formula is C39H63NO11. The first kappa shape index (κ1) is 37.2. The quantitative estimate of drug-likeness (QED) is 0.206. The Hall–Kier alpha value is -0.740. The van der Waals surface area contributed by atoms with E-state index in [-0.39, 0.29) is 17.2 Å². The van der Waals surface area contributed by atoms with Crippen LogP contribution in [0.3, 0.4) is 0 Å². The van der Waals surface area contributed by atoms with Crippen molar-refractivity contribution in [2.75, 3.05) is 13.2 Å². The average Bonchev–Trinajstić information content (AvgIpc) is 3.56. The molecule has 4 aliphatic heterocycles. The van der Waals surface area contributed by atoms with E-state index in [9.17, 15) is 30.6 Å². The SMILES string of the molecule is CC1CCC2(NC1)OC1CC3C4CC=C5CC(OC6C(C)OC(OC7OC(CO)C(O)C(O)C7O)C(O)C6O)CCC5(C)C4CCC3(C)C1C2C. The van der Waals surface area contributed by atoms with Gasteiger partial charge in [-0.25, -0.2) is 0 Å². The Morgan fingerprint density at radius 3 is 2.31 bits per heavy atom. The van der Waals surface area contributed by atoms with E-state index in [0.717, 1.165) is 38.6 Å². The van der Waals surface area contributed by atoms with Gasteiger partial charge in [-0.1, -0.05) is 39.3 Å². The van der Waals surface area contributed by atoms with Crippen molar-refractivity contribution in [2.24, 2.45) is 46.3 Å². The van der Waals surface area contributed by atoms with Crippen molar-refractivity contribution in [1.82, 2.24) is 5.32 Å². The molecule has 7 N–H and O–H groups in total. The number of hydrogen-bond donors (Lipinski definition) is 7. The molecule has 21 unspecified atom stereocenters. The third kappa shape index (κ3) is 5.84. The summed E-state index contributed by atoms with van der Waals surface area (Å²) in [5.41, 5.74) is 1.75. The number of fused-ring (bicyclic) bond motifs is 7. The highest BCUT2D eigenvalue weighted by atomic mass is 16.8. The van der Waals surface area contributed by atoms with Crippen LogP contribution in [-0.4, -0.2) is 123 Å². The van der Waals surface area contributed by atoms with Crippen LogP contribution in [0.25, 0.3) is 0 Å². The highest BCUT2D eigenvalue weighted by molar-refractivity contribution is 5.26. The predicted molar refractivity (Wildman–Crippen MR) is 184 cm³/mol. The smallest absolute Gasteiger partial charge is 0.189 e. The summed E-state index contributed by atoms with van der Waals surface area (Å²) in [6.07, 6.45) is -0.668. The number of piperidine rings is 1. The van der Waals surface area contributed by atoms with E-state index in [4.69, 9.17) is 23.7 Å². The van der Waals surface area contributed by atoms with Crippen LogP contribution in [0.5, 0.6) is 0 Å². The first-order valence-corrected chi connectivity index (χ1v) is 20.0. The molecule has 4 saturated heterocycles. The molecule has 51 heavy (non-hydrogen) atoms. The second-order valence-corrected chi connectivity index (χ2v) is 18.4. The number of allylic oxidation sites excluding steroid dienone is 1. The van der Waals surface area contributed by atoms with E-state index in [0.29, 0.717) is 47.0 Å². The first-order valence-electron chi connectivity index (χ1n) is 20.0. The van der Waals surface area contributed by atoms with Gasteiger partial charge in [-0.2, -0.15) is 0 Å². The molecule has 12 nitrogen and oxygen atoms in total. The Kier molecular flexibility index (Phi) is 9.83. The molecule has 0 aromatic carbocycles. The summed E-state index contributed by atoms with van der Waals surface area (Å²) in [6, 6.07) is 0. The van der Waals surface area contributed by atoms with Gasteiger partial charge in [-0.05, 0) is 105 Å². The number of nitrogens with one attached hydrogen (secondary N) is 1. The summed E-state index contributed by atoms with van der Waals surface area (Å²) in [5, 5.41) is 66.3. The zero-order valence-electron chi connectivity index (χ0n) is 31.0. The Morgan fingerprint density at radius 1 is 0.843 bits per heavy atom. The highest BCUT2D eigenvalue weighted by Crippen LogP contribution is 2.70. The molecule has 0 aromatic heterocycles. The number of hydrogen-bond acceptors (Lipinski definition) is 12. The third-order valence-corrected chi connectivity index (χ3v) is 15.8. The lowest BCUT2D eigenvalue weighted by Gasteiger charge is -2.59. The molecule has 8 aliphatic rings. The molecule has 4 heterocycles. The van der Waals surface area contributed by atoms with E-state index in [1.165, 1.54) is 31.3 Å². The van der Waals surface area contributed by atoms with Crippen LogP contribution in [0.4, 0.5) is 0 Å². The third-order valence-electron chi connectivity index (χ3n) is 15.8. The minimum atomic E-state index is -1.65. The van der Waals surface area contributed by atoms with E-state index < -0.39 is 68.0 Å². The van der Waals surface area contributed by atoms with Crippen LogP contribution in [-0.2, 0) is 23.7 Å². The van der Waals surface area contributed by atoms with Crippen molar-refractivity contribution >= 4 is 0 Å². The van der Waals surface area contributed by atoms with E-state index in [2.05, 4.69) is 39.1 Å². The number of aliphatic hydroxyl groups excluding tert-OH is 6. The normalized spacial score (nSPS) is 58.4. The molecule has 21 atom stereocenters. The maximum Gasteiger partial charge on any atom is 0.189 e. The van der Waals surface area contributed by atoms with E-state index in [1.807, 2.05) is 0 Å². The molecule has 0 aromatic rings. The fourth-order valence-corrected chi connectivity index (χ4v) is 12.8. The molecule has 4 aliphatic carbocycles. The highest BCUT2D eigenvalue weighted by Gasteiger charge is 2.68. The predicted octanol–water partition coefficient (Wildman–Crippen LogP) is 1.96. The maximum absolute atomic E-state index is 11.2. The standard InChI is InChI=1S/C39H63NO11/c1-18-8-13-39(40-16-18)19(2)28-26(51-39)15-25-23-7-6-21-14-22(9-11-37(21,4)24(23)10-12-38(25,28)5)48-34-20(3)47-35(33(46)31(34)44)50-36-32(45)30(43)29(42)27(17-41)49-36/h6,18-20,22-36,40-46H,7-17H2,1-5H3. The fraction of sp³-hybridized carbons (Fsp3) is 0.949. The minimum Gasteiger partial charge on any atom is -0.394 e. The topological polar surface area (TPSA) is 180 Å². The van der Waals surface area contributed by atoms with Gasteiger partial charge in [0.05, 0.1) is 24.9 Å². The van der Waals surface area contributed by atoms with Gasteiger partial charge in [-0.15, -0.1) is 0 Å². The molecule has 8 rings (SSSR count). The fourth-order valence-electron chi connectivity index (χ4n) is 12.8. The Labute approximate surface area is 302 Å².